The predicted octanol–water partition coefficient (Wildman–Crippen LogP) is 3.60. The Balaban J connectivity index is 2.33. The Kier molecular flexibility index (Phi) is 2.05. The lowest BCUT2D eigenvalue weighted by Gasteiger charge is -2.05. The number of hydrogen-bond acceptors (Lipinski definition) is 2. The van der Waals surface area contributed by atoms with E-state index >= 15 is 0 Å². The van der Waals surface area contributed by atoms with E-state index in [0.29, 0.717) is 5.76 Å². The van der Waals surface area contributed by atoms with Crippen molar-refractivity contribution in [3.8, 4) is 0 Å². The highest BCUT2D eigenvalue weighted by Gasteiger charge is 2.23. The van der Waals surface area contributed by atoms with Crippen LogP contribution in [0, 0.1) is 0 Å². The van der Waals surface area contributed by atoms with Crippen LogP contribution in [0.1, 0.15) is 25.0 Å². The molecule has 2 aromatic rings. The van der Waals surface area contributed by atoms with Gasteiger partial charge in [-0.1, -0.05) is 36.4 Å². The molecule has 0 amide bonds. The third-order valence-electron chi connectivity index (χ3n) is 3.14. The van der Waals surface area contributed by atoms with Gasteiger partial charge in [-0.15, -0.1) is 0 Å². The normalized spacial score (nSPS) is 13.3. The van der Waals surface area contributed by atoms with E-state index in [0.717, 1.165) is 16.7 Å². The van der Waals surface area contributed by atoms with E-state index in [1.165, 1.54) is 17.7 Å². The second-order valence-corrected chi connectivity index (χ2v) is 4.26. The fourth-order valence-electron chi connectivity index (χ4n) is 2.44. The van der Waals surface area contributed by atoms with Crippen molar-refractivity contribution in [2.75, 3.05) is 0 Å². The Hall–Kier alpha value is -2.09. The fraction of sp³-hybridized carbons (Fsp3) is 0.133. The van der Waals surface area contributed by atoms with Gasteiger partial charge in [0.1, 0.15) is 5.76 Å². The third kappa shape index (κ3) is 1.37. The smallest absolute Gasteiger partial charge is 0.308 e. The Morgan fingerprint density at radius 2 is 1.71 bits per heavy atom. The molecule has 0 fully saturated rings. The summed E-state index contributed by atoms with van der Waals surface area (Å²) in [7, 11) is 0. The summed E-state index contributed by atoms with van der Waals surface area (Å²) in [4.78, 5) is 11.2. The summed E-state index contributed by atoms with van der Waals surface area (Å²) in [5.41, 5.74) is 3.21. The van der Waals surface area contributed by atoms with E-state index in [1.807, 2.05) is 25.1 Å². The van der Waals surface area contributed by atoms with Crippen molar-refractivity contribution in [1.29, 1.82) is 0 Å². The van der Waals surface area contributed by atoms with Crippen LogP contribution in [0.3, 0.4) is 0 Å². The quantitative estimate of drug-likeness (QED) is 0.692. The molecule has 2 aromatic carbocycles. The molecule has 0 saturated heterocycles. The average Bonchev–Trinajstić information content (AvgIpc) is 2.57. The van der Waals surface area contributed by atoms with E-state index in [-0.39, 0.29) is 5.97 Å². The van der Waals surface area contributed by atoms with Crippen LogP contribution >= 0.6 is 0 Å². The SMILES string of the molecule is CC(=O)OC1=C(C)c2cccc3cccc1c23. The van der Waals surface area contributed by atoms with E-state index in [1.54, 1.807) is 0 Å². The molecule has 84 valence electrons. The summed E-state index contributed by atoms with van der Waals surface area (Å²) in [6.07, 6.45) is 0. The largest absolute Gasteiger partial charge is 0.426 e. The summed E-state index contributed by atoms with van der Waals surface area (Å²) in [5.74, 6) is 0.424. The van der Waals surface area contributed by atoms with Crippen molar-refractivity contribution in [2.45, 2.75) is 13.8 Å². The minimum absolute atomic E-state index is 0.274. The van der Waals surface area contributed by atoms with E-state index in [2.05, 4.69) is 18.2 Å². The molecule has 0 radical (unpaired) electrons. The van der Waals surface area contributed by atoms with Gasteiger partial charge >= 0.3 is 5.97 Å². The number of carbonyl (C=O) groups excluding carboxylic acids is 1. The maximum absolute atomic E-state index is 11.2. The predicted molar refractivity (Wildman–Crippen MR) is 68.2 cm³/mol. The highest BCUT2D eigenvalue weighted by Crippen LogP contribution is 2.42. The van der Waals surface area contributed by atoms with Gasteiger partial charge < -0.3 is 4.74 Å². The second kappa shape index (κ2) is 3.45. The Labute approximate surface area is 99.5 Å². The Morgan fingerprint density at radius 1 is 1.06 bits per heavy atom. The van der Waals surface area contributed by atoms with E-state index < -0.39 is 0 Å². The zero-order valence-electron chi connectivity index (χ0n) is 9.78. The summed E-state index contributed by atoms with van der Waals surface area (Å²) in [6, 6.07) is 12.2. The number of hydrogen-bond donors (Lipinski definition) is 0. The van der Waals surface area contributed by atoms with Crippen LogP contribution in [-0.4, -0.2) is 5.97 Å². The number of esters is 1. The highest BCUT2D eigenvalue weighted by atomic mass is 16.5. The number of allylic oxidation sites excluding steroid dienone is 1. The molecule has 0 aromatic heterocycles. The molecule has 2 heteroatoms. The number of rotatable bonds is 1. The van der Waals surface area contributed by atoms with Gasteiger partial charge in [-0.25, -0.2) is 0 Å². The van der Waals surface area contributed by atoms with Gasteiger partial charge in [-0.3, -0.25) is 4.79 Å². The Bertz CT molecular complexity index is 660. The van der Waals surface area contributed by atoms with Gasteiger partial charge in [0.15, 0.2) is 0 Å². The molecule has 1 aliphatic rings. The molecular formula is C15H12O2. The first-order valence-electron chi connectivity index (χ1n) is 5.60. The minimum Gasteiger partial charge on any atom is -0.426 e. The molecule has 1 aliphatic carbocycles. The maximum Gasteiger partial charge on any atom is 0.308 e. The molecule has 2 nitrogen and oxygen atoms in total. The number of carbonyl (C=O) groups is 1. The van der Waals surface area contributed by atoms with Crippen molar-refractivity contribution in [3.63, 3.8) is 0 Å². The monoisotopic (exact) mass is 224 g/mol. The molecule has 17 heavy (non-hydrogen) atoms. The van der Waals surface area contributed by atoms with Gasteiger partial charge in [0.25, 0.3) is 0 Å². The van der Waals surface area contributed by atoms with Crippen LogP contribution in [0.4, 0.5) is 0 Å². The van der Waals surface area contributed by atoms with E-state index in [4.69, 9.17) is 4.74 Å². The van der Waals surface area contributed by atoms with E-state index in [9.17, 15) is 4.79 Å². The standard InChI is InChI=1S/C15H12O2/c1-9-12-7-3-5-11-6-4-8-13(14(11)12)15(9)17-10(2)16/h3-8H,1-2H3. The van der Waals surface area contributed by atoms with Crippen LogP contribution in [-0.2, 0) is 9.53 Å². The molecule has 0 bridgehead atoms. The molecule has 0 aliphatic heterocycles. The topological polar surface area (TPSA) is 26.3 Å². The van der Waals surface area contributed by atoms with Crippen LogP contribution < -0.4 is 0 Å². The van der Waals surface area contributed by atoms with Crippen LogP contribution in [0.5, 0.6) is 0 Å². The van der Waals surface area contributed by atoms with Crippen molar-refractivity contribution in [2.24, 2.45) is 0 Å². The van der Waals surface area contributed by atoms with Crippen LogP contribution in [0.15, 0.2) is 36.4 Å². The van der Waals surface area contributed by atoms with Gasteiger partial charge in [-0.2, -0.15) is 0 Å². The Morgan fingerprint density at radius 3 is 2.35 bits per heavy atom. The average molecular weight is 224 g/mol. The lowest BCUT2D eigenvalue weighted by molar-refractivity contribution is -0.134. The lowest BCUT2D eigenvalue weighted by atomic mass is 10.0. The second-order valence-electron chi connectivity index (χ2n) is 4.26. The molecule has 0 atom stereocenters. The van der Waals surface area contributed by atoms with Crippen molar-refractivity contribution in [3.05, 3.63) is 47.5 Å². The van der Waals surface area contributed by atoms with Crippen molar-refractivity contribution < 1.29 is 9.53 Å². The van der Waals surface area contributed by atoms with Crippen molar-refractivity contribution in [1.82, 2.24) is 0 Å². The molecule has 0 heterocycles. The first-order chi connectivity index (χ1) is 8.18. The molecule has 0 saturated carbocycles. The first-order valence-corrected chi connectivity index (χ1v) is 5.60. The molecular weight excluding hydrogens is 212 g/mol. The summed E-state index contributed by atoms with van der Waals surface area (Å²) in [5, 5.41) is 2.37. The minimum atomic E-state index is -0.274. The maximum atomic E-state index is 11.2. The molecule has 3 rings (SSSR count). The number of benzene rings is 2. The zero-order chi connectivity index (χ0) is 12.0. The third-order valence-corrected chi connectivity index (χ3v) is 3.14. The lowest BCUT2D eigenvalue weighted by Crippen LogP contribution is -1.97. The molecule has 0 spiro atoms. The molecule has 0 unspecified atom stereocenters. The van der Waals surface area contributed by atoms with Gasteiger partial charge in [0.05, 0.1) is 0 Å². The van der Waals surface area contributed by atoms with Crippen molar-refractivity contribution >= 4 is 28.1 Å². The summed E-state index contributed by atoms with van der Waals surface area (Å²) < 4.78 is 5.34. The number of ether oxygens (including phenoxy) is 1. The first kappa shape index (κ1) is 10.1. The highest BCUT2D eigenvalue weighted by molar-refractivity contribution is 6.12. The van der Waals surface area contributed by atoms with Crippen LogP contribution in [0.2, 0.25) is 0 Å². The summed E-state index contributed by atoms with van der Waals surface area (Å²) >= 11 is 0. The van der Waals surface area contributed by atoms with Gasteiger partial charge in [0.2, 0.25) is 0 Å². The van der Waals surface area contributed by atoms with Gasteiger partial charge in [-0.05, 0) is 17.9 Å². The zero-order valence-corrected chi connectivity index (χ0v) is 9.78. The fourth-order valence-corrected chi connectivity index (χ4v) is 2.44. The molecule has 0 N–H and O–H groups in total. The van der Waals surface area contributed by atoms with Gasteiger partial charge in [0, 0.05) is 23.4 Å². The van der Waals surface area contributed by atoms with Crippen LogP contribution in [0.25, 0.3) is 22.1 Å². The summed E-state index contributed by atoms with van der Waals surface area (Å²) in [6.45, 7) is 3.43.